The highest BCUT2D eigenvalue weighted by molar-refractivity contribution is 5.63. The number of ether oxygens (including phenoxy) is 1. The van der Waals surface area contributed by atoms with E-state index in [0.29, 0.717) is 0 Å². The van der Waals surface area contributed by atoms with E-state index < -0.39 is 47.4 Å². The summed E-state index contributed by atoms with van der Waals surface area (Å²) in [6, 6.07) is 0. The van der Waals surface area contributed by atoms with Crippen molar-refractivity contribution in [2.45, 2.75) is 44.8 Å². The predicted octanol–water partition coefficient (Wildman–Crippen LogP) is 4.29. The van der Waals surface area contributed by atoms with Gasteiger partial charge in [0.25, 0.3) is 6.43 Å². The molecule has 0 fully saturated rings. The lowest BCUT2D eigenvalue weighted by molar-refractivity contribution is -0.293. The quantitative estimate of drug-likeness (QED) is 0.651. The second-order valence-corrected chi connectivity index (χ2v) is 5.39. The number of halogens is 7. The number of carboxylic acid groups (broad SMARTS) is 1. The third-order valence-electron chi connectivity index (χ3n) is 2.55. The molecule has 0 radical (unpaired) electrons. The summed E-state index contributed by atoms with van der Waals surface area (Å²) in [4.78, 5) is 10.5. The maximum Gasteiger partial charge on any atom is 0.511 e. The molecule has 0 amide bonds. The summed E-state index contributed by atoms with van der Waals surface area (Å²) in [5.74, 6) is -7.49. The number of carbonyl (C=O) groups is 1. The monoisotopic (exact) mass is 352 g/mol. The second-order valence-electron chi connectivity index (χ2n) is 5.39. The van der Waals surface area contributed by atoms with E-state index in [0.717, 1.165) is 20.8 Å². The number of rotatable bonds is 3. The average Bonchev–Trinajstić information content (AvgIpc) is 2.65. The van der Waals surface area contributed by atoms with Crippen LogP contribution in [0.2, 0.25) is 0 Å². The third-order valence-corrected chi connectivity index (χ3v) is 2.55. The van der Waals surface area contributed by atoms with Crippen LogP contribution in [0.4, 0.5) is 35.5 Å². The molecule has 0 saturated carbocycles. The van der Waals surface area contributed by atoms with Gasteiger partial charge in [0.05, 0.1) is 5.54 Å². The number of hydrogen-bond donors (Lipinski definition) is 1. The molecule has 0 bridgehead atoms. The lowest BCUT2D eigenvalue weighted by Gasteiger charge is -2.27. The van der Waals surface area contributed by atoms with Crippen molar-refractivity contribution in [1.82, 2.24) is 9.78 Å². The Labute approximate surface area is 124 Å². The molecule has 1 aromatic heterocycles. The first kappa shape index (κ1) is 19.0. The third kappa shape index (κ3) is 3.50. The Morgan fingerprint density at radius 3 is 1.96 bits per heavy atom. The molecular weight excluding hydrogens is 341 g/mol. The number of nitrogens with zero attached hydrogens (tertiary/aromatic N) is 2. The van der Waals surface area contributed by atoms with E-state index in [1.165, 1.54) is 0 Å². The highest BCUT2D eigenvalue weighted by Gasteiger charge is 2.63. The van der Waals surface area contributed by atoms with E-state index >= 15 is 0 Å². The van der Waals surface area contributed by atoms with Gasteiger partial charge in [-0.1, -0.05) is 0 Å². The van der Waals surface area contributed by atoms with Crippen LogP contribution in [0.1, 0.15) is 38.6 Å². The summed E-state index contributed by atoms with van der Waals surface area (Å²) in [7, 11) is 0. The Bertz CT molecular complexity index is 602. The van der Waals surface area contributed by atoms with Crippen LogP contribution in [-0.4, -0.2) is 27.2 Å². The highest BCUT2D eigenvalue weighted by atomic mass is 19.4. The summed E-state index contributed by atoms with van der Waals surface area (Å²) in [5.41, 5.74) is -5.32. The summed E-state index contributed by atoms with van der Waals surface area (Å²) >= 11 is 0. The zero-order valence-electron chi connectivity index (χ0n) is 11.9. The van der Waals surface area contributed by atoms with Crippen molar-refractivity contribution in [3.05, 3.63) is 11.4 Å². The average molecular weight is 352 g/mol. The maximum atomic E-state index is 13.7. The minimum Gasteiger partial charge on any atom is -0.449 e. The van der Waals surface area contributed by atoms with Gasteiger partial charge in [0.1, 0.15) is 0 Å². The van der Waals surface area contributed by atoms with Crippen molar-refractivity contribution in [3.8, 4) is 5.75 Å². The number of alkyl halides is 7. The molecule has 1 rings (SSSR count). The Hall–Kier alpha value is -2.01. The molecule has 0 unspecified atom stereocenters. The first-order valence-corrected chi connectivity index (χ1v) is 5.88. The topological polar surface area (TPSA) is 64.4 Å². The van der Waals surface area contributed by atoms with Gasteiger partial charge < -0.3 is 9.84 Å². The first-order valence-electron chi connectivity index (χ1n) is 5.88. The molecule has 132 valence electrons. The van der Waals surface area contributed by atoms with Crippen molar-refractivity contribution < 1.29 is 45.4 Å². The van der Waals surface area contributed by atoms with Gasteiger partial charge in [0.15, 0.2) is 17.1 Å². The van der Waals surface area contributed by atoms with Crippen LogP contribution in [0.5, 0.6) is 5.75 Å². The molecule has 0 aromatic carbocycles. The van der Waals surface area contributed by atoms with Gasteiger partial charge in [-0.2, -0.15) is 27.1 Å². The molecule has 0 spiro atoms. The molecule has 0 aliphatic rings. The first-order chi connectivity index (χ1) is 10.1. The molecule has 5 nitrogen and oxygen atoms in total. The molecule has 1 aromatic rings. The zero-order valence-corrected chi connectivity index (χ0v) is 11.9. The van der Waals surface area contributed by atoms with Gasteiger partial charge in [-0.05, 0) is 20.8 Å². The predicted molar refractivity (Wildman–Crippen MR) is 60.8 cm³/mol. The second kappa shape index (κ2) is 5.57. The molecule has 12 heteroatoms. The SMILES string of the molecule is CC(C)(C)n1nc(C(F)F)c(OC(=O)O)c1C(F)(F)C(F)(F)F. The van der Waals surface area contributed by atoms with E-state index in [4.69, 9.17) is 5.11 Å². The Morgan fingerprint density at radius 1 is 1.17 bits per heavy atom. The van der Waals surface area contributed by atoms with Crippen molar-refractivity contribution in [2.24, 2.45) is 0 Å². The van der Waals surface area contributed by atoms with Crippen LogP contribution < -0.4 is 4.74 Å². The smallest absolute Gasteiger partial charge is 0.449 e. The Morgan fingerprint density at radius 2 is 1.65 bits per heavy atom. The van der Waals surface area contributed by atoms with Gasteiger partial charge in [-0.3, -0.25) is 4.68 Å². The number of aromatic nitrogens is 2. The maximum absolute atomic E-state index is 13.7. The van der Waals surface area contributed by atoms with Crippen molar-refractivity contribution in [3.63, 3.8) is 0 Å². The summed E-state index contributed by atoms with van der Waals surface area (Å²) in [6.07, 6.45) is -12.1. The summed E-state index contributed by atoms with van der Waals surface area (Å²) in [6.45, 7) is 3.36. The standard InChI is InChI=1S/C11H11F7N2O3/c1-9(2,3)20-6(10(14,15)11(16,17)18)5(23-8(21)22)4(19-20)7(12)13/h7H,1-3H3,(H,21,22). The Kier molecular flexibility index (Phi) is 4.61. The van der Waals surface area contributed by atoms with Crippen molar-refractivity contribution in [1.29, 1.82) is 0 Å². The largest absolute Gasteiger partial charge is 0.511 e. The van der Waals surface area contributed by atoms with E-state index in [9.17, 15) is 35.5 Å². The molecular formula is C11H11F7N2O3. The molecule has 0 atom stereocenters. The van der Waals surface area contributed by atoms with E-state index in [1.54, 1.807) is 0 Å². The van der Waals surface area contributed by atoms with Crippen LogP contribution in [-0.2, 0) is 11.5 Å². The Balaban J connectivity index is 3.85. The minimum absolute atomic E-state index is 0.0136. The molecule has 0 aliphatic heterocycles. The van der Waals surface area contributed by atoms with E-state index in [2.05, 4.69) is 9.84 Å². The van der Waals surface area contributed by atoms with Gasteiger partial charge in [0, 0.05) is 0 Å². The normalized spacial score (nSPS) is 13.5. The van der Waals surface area contributed by atoms with Gasteiger partial charge >= 0.3 is 18.3 Å². The van der Waals surface area contributed by atoms with Crippen molar-refractivity contribution >= 4 is 6.16 Å². The minimum atomic E-state index is -6.17. The molecule has 0 saturated heterocycles. The van der Waals surface area contributed by atoms with Gasteiger partial charge in [0.2, 0.25) is 0 Å². The number of hydrogen-bond acceptors (Lipinski definition) is 3. The van der Waals surface area contributed by atoms with Crippen LogP contribution in [0, 0.1) is 0 Å². The summed E-state index contributed by atoms with van der Waals surface area (Å²) < 4.78 is 94.9. The van der Waals surface area contributed by atoms with Gasteiger partial charge in [-0.25, -0.2) is 13.6 Å². The lowest BCUT2D eigenvalue weighted by atomic mass is 10.1. The molecule has 23 heavy (non-hydrogen) atoms. The van der Waals surface area contributed by atoms with Gasteiger partial charge in [-0.15, -0.1) is 0 Å². The molecule has 1 N–H and O–H groups in total. The molecule has 0 aliphatic carbocycles. The van der Waals surface area contributed by atoms with Crippen LogP contribution in [0.25, 0.3) is 0 Å². The zero-order chi connectivity index (χ0) is 18.4. The van der Waals surface area contributed by atoms with Crippen LogP contribution in [0.3, 0.4) is 0 Å². The van der Waals surface area contributed by atoms with E-state index in [-0.39, 0.29) is 4.68 Å². The molecule has 1 heterocycles. The fourth-order valence-corrected chi connectivity index (χ4v) is 1.65. The lowest BCUT2D eigenvalue weighted by Crippen LogP contribution is -2.39. The fourth-order valence-electron chi connectivity index (χ4n) is 1.65. The highest BCUT2D eigenvalue weighted by Crippen LogP contribution is 2.50. The van der Waals surface area contributed by atoms with E-state index in [1.807, 2.05) is 0 Å². The summed E-state index contributed by atoms with van der Waals surface area (Å²) in [5, 5.41) is 11.5. The fraction of sp³-hybridized carbons (Fsp3) is 0.636. The van der Waals surface area contributed by atoms with Crippen molar-refractivity contribution in [2.75, 3.05) is 0 Å². The van der Waals surface area contributed by atoms with Crippen LogP contribution in [0.15, 0.2) is 0 Å². The van der Waals surface area contributed by atoms with Crippen LogP contribution >= 0.6 is 0 Å².